The summed E-state index contributed by atoms with van der Waals surface area (Å²) in [5.41, 5.74) is 1.35. The number of aryl methyl sites for hydroxylation is 1. The first-order valence-corrected chi connectivity index (χ1v) is 12.9. The summed E-state index contributed by atoms with van der Waals surface area (Å²) in [5, 5.41) is 9.06. The maximum absolute atomic E-state index is 15.3. The summed E-state index contributed by atoms with van der Waals surface area (Å²) >= 11 is 0. The van der Waals surface area contributed by atoms with Gasteiger partial charge in [-0.05, 0) is 49.0 Å². The minimum atomic E-state index is -1.97. The number of carbonyl (C=O) groups is 1. The number of anilines is 1. The van der Waals surface area contributed by atoms with Crippen molar-refractivity contribution in [1.82, 2.24) is 24.6 Å². The molecule has 2 fully saturated rings. The van der Waals surface area contributed by atoms with Gasteiger partial charge in [0.15, 0.2) is 5.67 Å². The van der Waals surface area contributed by atoms with Gasteiger partial charge >= 0.3 is 0 Å². The highest BCUT2D eigenvalue weighted by Crippen LogP contribution is 2.31. The number of nitrogens with one attached hydrogen (secondary N) is 1. The van der Waals surface area contributed by atoms with Crippen LogP contribution in [0.5, 0.6) is 0 Å². The molecule has 0 aliphatic carbocycles. The highest BCUT2D eigenvalue weighted by molar-refractivity contribution is 5.98. The maximum Gasteiger partial charge on any atom is 0.263 e. The van der Waals surface area contributed by atoms with Crippen molar-refractivity contribution in [2.75, 3.05) is 44.7 Å². The zero-order valence-corrected chi connectivity index (χ0v) is 20.8. The van der Waals surface area contributed by atoms with Gasteiger partial charge in [0.2, 0.25) is 0 Å². The van der Waals surface area contributed by atoms with E-state index in [-0.39, 0.29) is 19.4 Å². The Bertz CT molecular complexity index is 1210. The molecule has 192 valence electrons. The molecule has 0 saturated carbocycles. The number of nitrogens with zero attached hydrogens (tertiary/aromatic N) is 5. The second-order valence-electron chi connectivity index (χ2n) is 10.0. The average molecular weight is 497 g/mol. The average Bonchev–Trinajstić information content (AvgIpc) is 3.25. The third-order valence-electron chi connectivity index (χ3n) is 7.61. The number of aromatic nitrogens is 3. The molecule has 2 aliphatic heterocycles. The summed E-state index contributed by atoms with van der Waals surface area (Å²) < 4.78 is 29.9. The number of hydrogen-bond donors (Lipinski definition) is 1. The van der Waals surface area contributed by atoms with Gasteiger partial charge in [-0.25, -0.2) is 13.8 Å². The van der Waals surface area contributed by atoms with Gasteiger partial charge in [0, 0.05) is 63.2 Å². The summed E-state index contributed by atoms with van der Waals surface area (Å²) in [6.07, 6.45) is 7.48. The molecule has 0 spiro atoms. The molecule has 1 amide bonds. The fraction of sp³-hybridized carbons (Fsp3) is 0.519. The van der Waals surface area contributed by atoms with E-state index in [9.17, 15) is 9.18 Å². The third kappa shape index (κ3) is 5.27. The lowest BCUT2D eigenvalue weighted by molar-refractivity contribution is -0.130. The van der Waals surface area contributed by atoms with Crippen LogP contribution in [0.2, 0.25) is 0 Å². The molecule has 4 heterocycles. The van der Waals surface area contributed by atoms with Crippen LogP contribution in [0.1, 0.15) is 37.8 Å². The number of fused-ring (bicyclic) bond motifs is 1. The highest BCUT2D eigenvalue weighted by Gasteiger charge is 2.41. The van der Waals surface area contributed by atoms with Crippen LogP contribution in [0, 0.1) is 0 Å². The lowest BCUT2D eigenvalue weighted by atomic mass is 9.92. The third-order valence-corrected chi connectivity index (χ3v) is 7.61. The number of amides is 1. The Morgan fingerprint density at radius 1 is 1.03 bits per heavy atom. The smallest absolute Gasteiger partial charge is 0.263 e. The molecule has 2 saturated heterocycles. The van der Waals surface area contributed by atoms with Crippen LogP contribution in [0.15, 0.2) is 36.7 Å². The van der Waals surface area contributed by atoms with Crippen molar-refractivity contribution < 1.29 is 13.6 Å². The topological polar surface area (TPSA) is 66.3 Å². The van der Waals surface area contributed by atoms with Gasteiger partial charge in [0.25, 0.3) is 5.91 Å². The van der Waals surface area contributed by atoms with Crippen molar-refractivity contribution in [3.05, 3.63) is 42.4 Å². The number of benzene rings is 1. The van der Waals surface area contributed by atoms with Crippen molar-refractivity contribution in [2.24, 2.45) is 7.05 Å². The minimum Gasteiger partial charge on any atom is -0.308 e. The predicted molar refractivity (Wildman–Crippen MR) is 137 cm³/mol. The van der Waals surface area contributed by atoms with Crippen molar-refractivity contribution in [3.8, 4) is 11.1 Å². The van der Waals surface area contributed by atoms with E-state index in [0.717, 1.165) is 41.5 Å². The molecule has 0 bridgehead atoms. The van der Waals surface area contributed by atoms with E-state index < -0.39 is 18.3 Å². The van der Waals surface area contributed by atoms with E-state index in [1.165, 1.54) is 25.0 Å². The van der Waals surface area contributed by atoms with Gasteiger partial charge in [-0.2, -0.15) is 5.10 Å². The number of hydrogen-bond acceptors (Lipinski definition) is 5. The van der Waals surface area contributed by atoms with E-state index in [1.807, 2.05) is 28.9 Å². The second-order valence-corrected chi connectivity index (χ2v) is 10.0. The molecule has 0 radical (unpaired) electrons. The Morgan fingerprint density at radius 2 is 1.81 bits per heavy atom. The molecular weight excluding hydrogens is 462 g/mol. The SMILES string of the molecule is Cn1ncc(-c2ccc3cnc(NC(=O)C4(F)CCN(CCF)CC4)cc3c2)c1CN1CCCCC1. The minimum absolute atomic E-state index is 0.0529. The fourth-order valence-electron chi connectivity index (χ4n) is 5.30. The molecule has 9 heteroatoms. The molecule has 0 atom stereocenters. The number of carbonyl (C=O) groups excluding carboxylic acids is 1. The summed E-state index contributed by atoms with van der Waals surface area (Å²) in [6.45, 7) is 3.64. The lowest BCUT2D eigenvalue weighted by Gasteiger charge is -2.34. The number of alkyl halides is 2. The zero-order chi connectivity index (χ0) is 25.1. The first-order chi connectivity index (χ1) is 17.4. The van der Waals surface area contributed by atoms with Gasteiger partial charge in [0.1, 0.15) is 12.5 Å². The predicted octanol–water partition coefficient (Wildman–Crippen LogP) is 4.33. The summed E-state index contributed by atoms with van der Waals surface area (Å²) in [5.74, 6) is -0.353. The Balaban J connectivity index is 1.34. The molecule has 1 N–H and O–H groups in total. The first-order valence-electron chi connectivity index (χ1n) is 12.9. The number of halogens is 2. The van der Waals surface area contributed by atoms with Crippen LogP contribution in [-0.2, 0) is 18.4 Å². The molecule has 5 rings (SSSR count). The van der Waals surface area contributed by atoms with Crippen molar-refractivity contribution >= 4 is 22.5 Å². The number of piperidine rings is 2. The molecule has 2 aromatic heterocycles. The normalized spacial score (nSPS) is 19.0. The van der Waals surface area contributed by atoms with Gasteiger partial charge in [-0.3, -0.25) is 14.4 Å². The second kappa shape index (κ2) is 10.6. The Labute approximate surface area is 210 Å². The van der Waals surface area contributed by atoms with Crippen LogP contribution in [-0.4, -0.2) is 75.5 Å². The molecule has 2 aliphatic rings. The standard InChI is InChI=1S/C27H34F2N6O/c1-33-24(19-35-10-3-2-4-11-35)23(18-31-33)20-5-6-21-17-30-25(16-22(21)15-20)32-26(36)27(29)7-12-34(13-8-27)14-9-28/h5-6,15-18H,2-4,7-14,19H2,1H3,(H,30,32,36). The van der Waals surface area contributed by atoms with Gasteiger partial charge in [0.05, 0.1) is 11.9 Å². The molecule has 36 heavy (non-hydrogen) atoms. The van der Waals surface area contributed by atoms with Crippen molar-refractivity contribution in [1.29, 1.82) is 0 Å². The van der Waals surface area contributed by atoms with Gasteiger partial charge in [-0.15, -0.1) is 0 Å². The van der Waals surface area contributed by atoms with Crippen LogP contribution in [0.3, 0.4) is 0 Å². The van der Waals surface area contributed by atoms with E-state index in [4.69, 9.17) is 0 Å². The van der Waals surface area contributed by atoms with Crippen LogP contribution in [0.25, 0.3) is 21.9 Å². The van der Waals surface area contributed by atoms with Crippen molar-refractivity contribution in [2.45, 2.75) is 44.3 Å². The lowest BCUT2D eigenvalue weighted by Crippen LogP contribution is -2.49. The quantitative estimate of drug-likeness (QED) is 0.527. The highest BCUT2D eigenvalue weighted by atomic mass is 19.1. The van der Waals surface area contributed by atoms with Crippen LogP contribution < -0.4 is 5.32 Å². The van der Waals surface area contributed by atoms with Crippen LogP contribution >= 0.6 is 0 Å². The Kier molecular flexibility index (Phi) is 7.29. The van der Waals surface area contributed by atoms with E-state index >= 15 is 4.39 Å². The fourth-order valence-corrected chi connectivity index (χ4v) is 5.30. The Hall–Kier alpha value is -2.91. The maximum atomic E-state index is 15.3. The molecule has 0 unspecified atom stereocenters. The summed E-state index contributed by atoms with van der Waals surface area (Å²) in [4.78, 5) is 21.4. The largest absolute Gasteiger partial charge is 0.308 e. The molecular formula is C27H34F2N6O. The summed E-state index contributed by atoms with van der Waals surface area (Å²) in [7, 11) is 1.98. The van der Waals surface area contributed by atoms with E-state index in [0.29, 0.717) is 18.9 Å². The van der Waals surface area contributed by atoms with Gasteiger partial charge in [-0.1, -0.05) is 18.6 Å². The monoisotopic (exact) mass is 496 g/mol. The van der Waals surface area contributed by atoms with Gasteiger partial charge < -0.3 is 10.2 Å². The number of rotatable bonds is 7. The Morgan fingerprint density at radius 3 is 2.56 bits per heavy atom. The number of pyridine rings is 1. The molecule has 1 aromatic carbocycles. The first kappa shape index (κ1) is 24.8. The number of likely N-dealkylation sites (tertiary alicyclic amines) is 2. The summed E-state index contributed by atoms with van der Waals surface area (Å²) in [6, 6.07) is 7.95. The van der Waals surface area contributed by atoms with Crippen molar-refractivity contribution in [3.63, 3.8) is 0 Å². The molecule has 7 nitrogen and oxygen atoms in total. The zero-order valence-electron chi connectivity index (χ0n) is 20.8. The molecule has 3 aromatic rings. The van der Waals surface area contributed by atoms with Crippen LogP contribution in [0.4, 0.5) is 14.6 Å². The van der Waals surface area contributed by atoms with E-state index in [2.05, 4.69) is 32.4 Å². The van der Waals surface area contributed by atoms with E-state index in [1.54, 1.807) is 12.3 Å².